The summed E-state index contributed by atoms with van der Waals surface area (Å²) in [6.45, 7) is 12.3. The minimum atomic E-state index is -0.291. The first kappa shape index (κ1) is 16.7. The summed E-state index contributed by atoms with van der Waals surface area (Å²) in [5.41, 5.74) is 0. The third-order valence-corrected chi connectivity index (χ3v) is 4.62. The van der Waals surface area contributed by atoms with Gasteiger partial charge in [-0.3, -0.25) is 14.6 Å². The molecule has 2 heterocycles. The van der Waals surface area contributed by atoms with Crippen molar-refractivity contribution in [1.82, 2.24) is 14.7 Å². The molecule has 0 bridgehead atoms. The topological polar surface area (TPSA) is 47.0 Å². The van der Waals surface area contributed by atoms with Gasteiger partial charge in [0.05, 0.1) is 12.1 Å². The molecule has 5 nitrogen and oxygen atoms in total. The predicted molar refractivity (Wildman–Crippen MR) is 84.1 cm³/mol. The van der Waals surface area contributed by atoms with Crippen LogP contribution in [-0.4, -0.2) is 83.7 Å². The van der Waals surface area contributed by atoms with E-state index in [4.69, 9.17) is 0 Å². The minimum Gasteiger partial charge on any atom is -0.392 e. The van der Waals surface area contributed by atoms with Gasteiger partial charge < -0.3 is 10.0 Å². The van der Waals surface area contributed by atoms with Crippen LogP contribution in [0.15, 0.2) is 0 Å². The molecular formula is C16H31N3O2. The molecule has 21 heavy (non-hydrogen) atoms. The second-order valence-corrected chi connectivity index (χ2v) is 6.91. The van der Waals surface area contributed by atoms with Crippen LogP contribution >= 0.6 is 0 Å². The van der Waals surface area contributed by atoms with E-state index in [0.717, 1.165) is 39.3 Å². The Morgan fingerprint density at radius 1 is 1.00 bits per heavy atom. The lowest BCUT2D eigenvalue weighted by atomic mass is 10.0. The number of piperazine rings is 1. The number of rotatable bonds is 5. The number of aliphatic hydroxyl groups excluding tert-OH is 1. The fourth-order valence-corrected chi connectivity index (χ4v) is 3.59. The maximum Gasteiger partial charge on any atom is 0.240 e. The first-order chi connectivity index (χ1) is 9.99. The Bertz CT molecular complexity index is 332. The lowest BCUT2D eigenvalue weighted by Crippen LogP contribution is -2.56. The highest BCUT2D eigenvalue weighted by Gasteiger charge is 2.34. The second kappa shape index (κ2) is 7.56. The first-order valence-electron chi connectivity index (χ1n) is 8.42. The number of hydrogen-bond donors (Lipinski definition) is 1. The van der Waals surface area contributed by atoms with Gasteiger partial charge in [-0.25, -0.2) is 0 Å². The third-order valence-electron chi connectivity index (χ3n) is 4.62. The molecule has 5 heteroatoms. The summed E-state index contributed by atoms with van der Waals surface area (Å²) in [6.07, 6.45) is 2.15. The van der Waals surface area contributed by atoms with Crippen LogP contribution in [0.25, 0.3) is 0 Å². The first-order valence-corrected chi connectivity index (χ1v) is 8.42. The molecule has 0 saturated carbocycles. The van der Waals surface area contributed by atoms with Gasteiger partial charge in [0.25, 0.3) is 0 Å². The van der Waals surface area contributed by atoms with Gasteiger partial charge in [-0.1, -0.05) is 13.8 Å². The Morgan fingerprint density at radius 3 is 2.05 bits per heavy atom. The largest absolute Gasteiger partial charge is 0.392 e. The fraction of sp³-hybridized carbons (Fsp3) is 0.938. The monoisotopic (exact) mass is 297 g/mol. The lowest BCUT2D eigenvalue weighted by Gasteiger charge is -2.39. The summed E-state index contributed by atoms with van der Waals surface area (Å²) in [5, 5.41) is 9.46. The highest BCUT2D eigenvalue weighted by atomic mass is 16.3. The predicted octanol–water partition coefficient (Wildman–Crippen LogP) is 0.632. The summed E-state index contributed by atoms with van der Waals surface area (Å²) in [5.74, 6) is 0.676. The average molecular weight is 297 g/mol. The SMILES string of the molecule is CC(C)[C@@H](C(=O)N1CCN(C[C@@H](C)O)CC1)N1CCCC1. The number of nitrogens with zero attached hydrogens (tertiary/aromatic N) is 3. The van der Waals surface area contributed by atoms with E-state index in [2.05, 4.69) is 23.6 Å². The van der Waals surface area contributed by atoms with Crippen LogP contribution in [0.5, 0.6) is 0 Å². The second-order valence-electron chi connectivity index (χ2n) is 6.91. The van der Waals surface area contributed by atoms with Crippen LogP contribution in [0.2, 0.25) is 0 Å². The smallest absolute Gasteiger partial charge is 0.240 e. The zero-order valence-electron chi connectivity index (χ0n) is 13.8. The number of aliphatic hydroxyl groups is 1. The molecule has 2 fully saturated rings. The average Bonchev–Trinajstić information content (AvgIpc) is 2.92. The van der Waals surface area contributed by atoms with Crippen LogP contribution in [0.1, 0.15) is 33.6 Å². The molecule has 0 unspecified atom stereocenters. The van der Waals surface area contributed by atoms with Crippen molar-refractivity contribution in [3.8, 4) is 0 Å². The highest BCUT2D eigenvalue weighted by Crippen LogP contribution is 2.20. The Balaban J connectivity index is 1.90. The molecule has 0 aromatic heterocycles. The molecule has 0 aromatic carbocycles. The molecule has 2 saturated heterocycles. The van der Waals surface area contributed by atoms with Gasteiger partial charge in [-0.05, 0) is 38.8 Å². The Hall–Kier alpha value is -0.650. The van der Waals surface area contributed by atoms with E-state index in [9.17, 15) is 9.90 Å². The van der Waals surface area contributed by atoms with Crippen molar-refractivity contribution in [2.45, 2.75) is 45.8 Å². The molecule has 2 atom stereocenters. The van der Waals surface area contributed by atoms with E-state index >= 15 is 0 Å². The summed E-state index contributed by atoms with van der Waals surface area (Å²) in [7, 11) is 0. The number of carbonyl (C=O) groups excluding carboxylic acids is 1. The normalized spacial score (nSPS) is 24.5. The van der Waals surface area contributed by atoms with E-state index < -0.39 is 0 Å². The Morgan fingerprint density at radius 2 is 1.57 bits per heavy atom. The van der Waals surface area contributed by atoms with Crippen LogP contribution < -0.4 is 0 Å². The van der Waals surface area contributed by atoms with E-state index in [1.54, 1.807) is 0 Å². The fourth-order valence-electron chi connectivity index (χ4n) is 3.59. The third kappa shape index (κ3) is 4.41. The lowest BCUT2D eigenvalue weighted by molar-refractivity contribution is -0.140. The minimum absolute atomic E-state index is 0.0517. The van der Waals surface area contributed by atoms with Crippen molar-refractivity contribution in [3.63, 3.8) is 0 Å². The van der Waals surface area contributed by atoms with Crippen molar-refractivity contribution >= 4 is 5.91 Å². The molecule has 1 amide bonds. The number of amides is 1. The molecule has 0 radical (unpaired) electrons. The van der Waals surface area contributed by atoms with Gasteiger partial charge in [0.1, 0.15) is 0 Å². The number of β-amino-alcohol motifs (C(OH)–C–C–N with tert-alkyl or cyclic N) is 1. The molecule has 1 N–H and O–H groups in total. The molecule has 2 rings (SSSR count). The zero-order valence-corrected chi connectivity index (χ0v) is 13.8. The molecular weight excluding hydrogens is 266 g/mol. The van der Waals surface area contributed by atoms with Crippen LogP contribution in [-0.2, 0) is 4.79 Å². The molecule has 2 aliphatic heterocycles. The molecule has 0 spiro atoms. The van der Waals surface area contributed by atoms with E-state index in [-0.39, 0.29) is 12.1 Å². The van der Waals surface area contributed by atoms with Crippen molar-refractivity contribution in [1.29, 1.82) is 0 Å². The van der Waals surface area contributed by atoms with Crippen LogP contribution in [0, 0.1) is 5.92 Å². The Labute approximate surface area is 128 Å². The standard InChI is InChI=1S/C16H31N3O2/c1-13(2)15(18-6-4-5-7-18)16(21)19-10-8-17(9-11-19)12-14(3)20/h13-15,20H,4-12H2,1-3H3/t14-,15+/m1/s1. The van der Waals surface area contributed by atoms with E-state index in [1.807, 2.05) is 11.8 Å². The van der Waals surface area contributed by atoms with Gasteiger partial charge in [0, 0.05) is 32.7 Å². The Kier molecular flexibility index (Phi) is 6.02. The number of likely N-dealkylation sites (tertiary alicyclic amines) is 1. The maximum absolute atomic E-state index is 12.9. The van der Waals surface area contributed by atoms with E-state index in [0.29, 0.717) is 18.4 Å². The van der Waals surface area contributed by atoms with Crippen molar-refractivity contribution < 1.29 is 9.90 Å². The number of hydrogen-bond acceptors (Lipinski definition) is 4. The van der Waals surface area contributed by atoms with Gasteiger partial charge in [0.15, 0.2) is 0 Å². The van der Waals surface area contributed by atoms with Crippen LogP contribution in [0.4, 0.5) is 0 Å². The highest BCUT2D eigenvalue weighted by molar-refractivity contribution is 5.82. The van der Waals surface area contributed by atoms with Crippen molar-refractivity contribution in [2.75, 3.05) is 45.8 Å². The maximum atomic E-state index is 12.9. The quantitative estimate of drug-likeness (QED) is 0.809. The summed E-state index contributed by atoms with van der Waals surface area (Å²) in [4.78, 5) is 19.5. The van der Waals surface area contributed by atoms with Gasteiger partial charge in [-0.15, -0.1) is 0 Å². The van der Waals surface area contributed by atoms with Crippen molar-refractivity contribution in [3.05, 3.63) is 0 Å². The zero-order chi connectivity index (χ0) is 15.4. The van der Waals surface area contributed by atoms with E-state index in [1.165, 1.54) is 12.8 Å². The molecule has 2 aliphatic rings. The summed E-state index contributed by atoms with van der Waals surface area (Å²) < 4.78 is 0. The van der Waals surface area contributed by atoms with Crippen LogP contribution in [0.3, 0.4) is 0 Å². The summed E-state index contributed by atoms with van der Waals surface area (Å²) in [6, 6.07) is 0.0517. The molecule has 122 valence electrons. The van der Waals surface area contributed by atoms with Gasteiger partial charge in [-0.2, -0.15) is 0 Å². The molecule has 0 aliphatic carbocycles. The molecule has 0 aromatic rings. The number of carbonyl (C=O) groups is 1. The van der Waals surface area contributed by atoms with Gasteiger partial charge >= 0.3 is 0 Å². The van der Waals surface area contributed by atoms with Gasteiger partial charge in [0.2, 0.25) is 5.91 Å². The van der Waals surface area contributed by atoms with Crippen molar-refractivity contribution in [2.24, 2.45) is 5.92 Å². The summed E-state index contributed by atoms with van der Waals surface area (Å²) >= 11 is 0.